The minimum absolute atomic E-state index is 0.0873. The smallest absolute Gasteiger partial charge is 0.342 e. The molecule has 1 aromatic carbocycles. The Morgan fingerprint density at radius 1 is 0.941 bits per heavy atom. The maximum absolute atomic E-state index is 13.4. The summed E-state index contributed by atoms with van der Waals surface area (Å²) in [4.78, 5) is 35.7. The van der Waals surface area contributed by atoms with Gasteiger partial charge in [-0.1, -0.05) is 0 Å². The van der Waals surface area contributed by atoms with Crippen LogP contribution >= 0.6 is 0 Å². The van der Waals surface area contributed by atoms with Gasteiger partial charge < -0.3 is 14.1 Å². The second-order valence-electron chi connectivity index (χ2n) is 8.20. The van der Waals surface area contributed by atoms with Crippen molar-refractivity contribution in [2.45, 2.75) is 32.6 Å². The molecule has 3 aromatic rings. The molecule has 1 amide bonds. The van der Waals surface area contributed by atoms with Crippen molar-refractivity contribution in [1.82, 2.24) is 19.2 Å². The minimum Gasteiger partial charge on any atom is -0.465 e. The fourth-order valence-electron chi connectivity index (χ4n) is 4.12. The molecule has 0 radical (unpaired) electrons. The first kappa shape index (κ1) is 23.8. The number of furan rings is 1. The normalized spacial score (nSPS) is 15.0. The van der Waals surface area contributed by atoms with Crippen LogP contribution in [0.1, 0.15) is 43.6 Å². The number of hydrogen-bond donors (Lipinski definition) is 0. The van der Waals surface area contributed by atoms with Crippen LogP contribution < -0.4 is 0 Å². The standard InChI is InChI=1S/C23H26N4O6S/c1-13-14(2)25-19-12-17(6-7-18(19)24-13)22(28)26-8-10-27(11-9-26)34(30,31)21-16(4)33-15(3)20(21)23(29)32-5/h6-7,12H,8-11H2,1-5H3. The van der Waals surface area contributed by atoms with E-state index in [9.17, 15) is 18.0 Å². The number of methoxy groups -OCH3 is 1. The summed E-state index contributed by atoms with van der Waals surface area (Å²) in [6.07, 6.45) is 0. The number of fused-ring (bicyclic) bond motifs is 1. The molecular weight excluding hydrogens is 460 g/mol. The van der Waals surface area contributed by atoms with E-state index in [1.165, 1.54) is 25.3 Å². The molecule has 1 aliphatic heterocycles. The molecule has 180 valence electrons. The predicted octanol–water partition coefficient (Wildman–Crippen LogP) is 2.39. The quantitative estimate of drug-likeness (QED) is 0.515. The van der Waals surface area contributed by atoms with Gasteiger partial charge in [-0.25, -0.2) is 23.2 Å². The van der Waals surface area contributed by atoms with Crippen LogP contribution in [0, 0.1) is 27.7 Å². The zero-order valence-corrected chi connectivity index (χ0v) is 20.5. The average molecular weight is 487 g/mol. The van der Waals surface area contributed by atoms with Crippen LogP contribution in [0.4, 0.5) is 0 Å². The number of rotatable bonds is 4. The van der Waals surface area contributed by atoms with E-state index in [1.807, 2.05) is 13.8 Å². The van der Waals surface area contributed by atoms with Crippen LogP contribution in [0.3, 0.4) is 0 Å². The van der Waals surface area contributed by atoms with Crippen molar-refractivity contribution < 1.29 is 27.2 Å². The average Bonchev–Trinajstić information content (AvgIpc) is 3.12. The van der Waals surface area contributed by atoms with Gasteiger partial charge in [0, 0.05) is 31.7 Å². The first-order chi connectivity index (χ1) is 16.0. The summed E-state index contributed by atoms with van der Waals surface area (Å²) in [6.45, 7) is 7.35. The fraction of sp³-hybridized carbons (Fsp3) is 0.391. The minimum atomic E-state index is -4.03. The number of aromatic nitrogens is 2. The highest BCUT2D eigenvalue weighted by atomic mass is 32.2. The van der Waals surface area contributed by atoms with Crippen molar-refractivity contribution in [3.8, 4) is 0 Å². The summed E-state index contributed by atoms with van der Waals surface area (Å²) in [6, 6.07) is 5.18. The number of hydrogen-bond acceptors (Lipinski definition) is 8. The molecule has 10 nitrogen and oxygen atoms in total. The molecule has 0 aliphatic carbocycles. The van der Waals surface area contributed by atoms with E-state index >= 15 is 0 Å². The van der Waals surface area contributed by atoms with Crippen LogP contribution in [0.5, 0.6) is 0 Å². The molecule has 0 atom stereocenters. The van der Waals surface area contributed by atoms with Crippen LogP contribution in [0.2, 0.25) is 0 Å². The van der Waals surface area contributed by atoms with Gasteiger partial charge in [0.2, 0.25) is 10.0 Å². The number of benzene rings is 1. The number of carbonyl (C=O) groups excluding carboxylic acids is 2. The third kappa shape index (κ3) is 4.05. The molecule has 4 rings (SSSR count). The van der Waals surface area contributed by atoms with Gasteiger partial charge in [-0.05, 0) is 45.9 Å². The Hall–Kier alpha value is -3.31. The summed E-state index contributed by atoms with van der Waals surface area (Å²) in [7, 11) is -2.84. The lowest BCUT2D eigenvalue weighted by Gasteiger charge is -2.34. The Morgan fingerprint density at radius 3 is 2.18 bits per heavy atom. The third-order valence-electron chi connectivity index (χ3n) is 6.04. The first-order valence-electron chi connectivity index (χ1n) is 10.8. The molecule has 1 fully saturated rings. The molecule has 34 heavy (non-hydrogen) atoms. The molecule has 11 heteroatoms. The van der Waals surface area contributed by atoms with Crippen LogP contribution in [-0.2, 0) is 14.8 Å². The summed E-state index contributed by atoms with van der Waals surface area (Å²) in [5.74, 6) is -0.670. The van der Waals surface area contributed by atoms with Gasteiger partial charge in [0.05, 0.1) is 29.5 Å². The van der Waals surface area contributed by atoms with E-state index in [0.717, 1.165) is 11.4 Å². The highest BCUT2D eigenvalue weighted by molar-refractivity contribution is 7.89. The van der Waals surface area contributed by atoms with E-state index in [1.54, 1.807) is 23.1 Å². The first-order valence-corrected chi connectivity index (χ1v) is 12.2. The van der Waals surface area contributed by atoms with Gasteiger partial charge in [0.1, 0.15) is 22.0 Å². The summed E-state index contributed by atoms with van der Waals surface area (Å²) < 4.78 is 38.2. The van der Waals surface area contributed by atoms with Crippen molar-refractivity contribution >= 4 is 32.9 Å². The maximum Gasteiger partial charge on any atom is 0.342 e. The highest BCUT2D eigenvalue weighted by Gasteiger charge is 2.37. The van der Waals surface area contributed by atoms with Crippen LogP contribution in [0.25, 0.3) is 11.0 Å². The second kappa shape index (κ2) is 8.80. The van der Waals surface area contributed by atoms with Gasteiger partial charge in [-0.3, -0.25) is 4.79 Å². The molecule has 1 aliphatic rings. The van der Waals surface area contributed by atoms with Gasteiger partial charge in [-0.2, -0.15) is 4.31 Å². The number of carbonyl (C=O) groups is 2. The van der Waals surface area contributed by atoms with E-state index in [0.29, 0.717) is 16.6 Å². The van der Waals surface area contributed by atoms with Crippen molar-refractivity contribution in [2.24, 2.45) is 0 Å². The number of piperazine rings is 1. The Labute approximate surface area is 197 Å². The van der Waals surface area contributed by atoms with Crippen molar-refractivity contribution in [2.75, 3.05) is 33.3 Å². The maximum atomic E-state index is 13.4. The number of nitrogens with zero attached hydrogens (tertiary/aromatic N) is 4. The Bertz CT molecular complexity index is 1400. The van der Waals surface area contributed by atoms with Crippen molar-refractivity contribution in [1.29, 1.82) is 0 Å². The third-order valence-corrected chi connectivity index (χ3v) is 8.09. The van der Waals surface area contributed by atoms with E-state index in [2.05, 4.69) is 9.97 Å². The number of amides is 1. The van der Waals surface area contributed by atoms with Crippen LogP contribution in [0.15, 0.2) is 27.5 Å². The number of esters is 1. The molecule has 1 saturated heterocycles. The topological polar surface area (TPSA) is 123 Å². The van der Waals surface area contributed by atoms with Crippen molar-refractivity contribution in [3.63, 3.8) is 0 Å². The Balaban J connectivity index is 1.53. The number of ether oxygens (including phenoxy) is 1. The molecule has 0 spiro atoms. The number of aryl methyl sites for hydroxylation is 4. The van der Waals surface area contributed by atoms with E-state index in [4.69, 9.17) is 9.15 Å². The summed E-state index contributed by atoms with van der Waals surface area (Å²) in [5.41, 5.74) is 3.35. The summed E-state index contributed by atoms with van der Waals surface area (Å²) in [5, 5.41) is 0. The van der Waals surface area contributed by atoms with Gasteiger partial charge in [-0.15, -0.1) is 0 Å². The lowest BCUT2D eigenvalue weighted by molar-refractivity contribution is 0.0594. The fourth-order valence-corrected chi connectivity index (χ4v) is 5.91. The summed E-state index contributed by atoms with van der Waals surface area (Å²) >= 11 is 0. The zero-order valence-electron chi connectivity index (χ0n) is 19.7. The molecule has 0 saturated carbocycles. The molecule has 0 N–H and O–H groups in total. The SMILES string of the molecule is COC(=O)c1c(C)oc(C)c1S(=O)(=O)N1CCN(C(=O)c2ccc3nc(C)c(C)nc3c2)CC1. The molecule has 0 bridgehead atoms. The van der Waals surface area contributed by atoms with Gasteiger partial charge >= 0.3 is 5.97 Å². The predicted molar refractivity (Wildman–Crippen MR) is 123 cm³/mol. The molecular formula is C23H26N4O6S. The van der Waals surface area contributed by atoms with Crippen molar-refractivity contribution in [3.05, 3.63) is 52.2 Å². The molecule has 0 unspecified atom stereocenters. The molecule has 2 aromatic heterocycles. The van der Waals surface area contributed by atoms with E-state index < -0.39 is 16.0 Å². The van der Waals surface area contributed by atoms with E-state index in [-0.39, 0.29) is 54.1 Å². The van der Waals surface area contributed by atoms with Gasteiger partial charge in [0.15, 0.2) is 0 Å². The van der Waals surface area contributed by atoms with Gasteiger partial charge in [0.25, 0.3) is 5.91 Å². The monoisotopic (exact) mass is 486 g/mol. The Kier molecular flexibility index (Phi) is 6.17. The zero-order chi connectivity index (χ0) is 24.8. The van der Waals surface area contributed by atoms with Crippen LogP contribution in [-0.4, -0.2) is 72.8 Å². The lowest BCUT2D eigenvalue weighted by atomic mass is 10.1. The highest BCUT2D eigenvalue weighted by Crippen LogP contribution is 2.30. The lowest BCUT2D eigenvalue weighted by Crippen LogP contribution is -2.50. The second-order valence-corrected chi connectivity index (χ2v) is 10.1. The molecule has 3 heterocycles. The largest absolute Gasteiger partial charge is 0.465 e. The Morgan fingerprint density at radius 2 is 1.56 bits per heavy atom. The number of sulfonamides is 1.